The van der Waals surface area contributed by atoms with Crippen LogP contribution in [0.2, 0.25) is 0 Å². The summed E-state index contributed by atoms with van der Waals surface area (Å²) in [4.78, 5) is 19.2. The van der Waals surface area contributed by atoms with Crippen LogP contribution in [-0.2, 0) is 4.79 Å². The van der Waals surface area contributed by atoms with Crippen molar-refractivity contribution in [1.29, 1.82) is 0 Å². The van der Waals surface area contributed by atoms with Crippen molar-refractivity contribution in [2.24, 2.45) is 4.99 Å². The molecule has 0 bridgehead atoms. The van der Waals surface area contributed by atoms with E-state index in [9.17, 15) is 9.18 Å². The molecule has 0 unspecified atom stereocenters. The fraction of sp³-hybridized carbons (Fsp3) is 0.120. The molecule has 3 aromatic rings. The van der Waals surface area contributed by atoms with E-state index in [-0.39, 0.29) is 11.7 Å². The Balaban J connectivity index is 1.48. The maximum Gasteiger partial charge on any atom is 0.283 e. The number of hydrogen-bond acceptors (Lipinski definition) is 5. The molecule has 0 atom stereocenters. The second kappa shape index (κ2) is 10.2. The first-order valence-corrected chi connectivity index (χ1v) is 11.0. The van der Waals surface area contributed by atoms with E-state index in [1.54, 1.807) is 25.3 Å². The van der Waals surface area contributed by atoms with Crippen LogP contribution in [0.15, 0.2) is 89.6 Å². The van der Waals surface area contributed by atoms with Crippen molar-refractivity contribution in [2.45, 2.75) is 0 Å². The number of ether oxygens (including phenoxy) is 2. The molecule has 0 saturated carbocycles. The van der Waals surface area contributed by atoms with E-state index < -0.39 is 0 Å². The standard InChI is InChI=1S/C25H21FN2O3S/c1-30-21-11-13-22(14-12-21)31-15-16-32-25-27-23(17-18-5-3-2-4-6-18)24(29)28(25)20-9-7-19(26)8-10-20/h2-14,17H,15-16H2,1H3/b23-17-. The van der Waals surface area contributed by atoms with Crippen LogP contribution >= 0.6 is 11.8 Å². The number of carbonyl (C=O) groups is 1. The number of anilines is 1. The average molecular weight is 449 g/mol. The average Bonchev–Trinajstić information content (AvgIpc) is 3.13. The number of rotatable bonds is 7. The number of amidine groups is 1. The summed E-state index contributed by atoms with van der Waals surface area (Å²) in [5, 5.41) is 0.530. The Labute approximate surface area is 190 Å². The molecule has 1 heterocycles. The number of nitrogens with zero attached hydrogens (tertiary/aromatic N) is 2. The normalized spacial score (nSPS) is 14.6. The highest BCUT2D eigenvalue weighted by atomic mass is 32.2. The zero-order valence-electron chi connectivity index (χ0n) is 17.4. The minimum atomic E-state index is -0.362. The van der Waals surface area contributed by atoms with E-state index in [0.717, 1.165) is 17.1 Å². The Morgan fingerprint density at radius 2 is 1.66 bits per heavy atom. The van der Waals surface area contributed by atoms with Crippen LogP contribution < -0.4 is 14.4 Å². The molecule has 1 amide bonds. The van der Waals surface area contributed by atoms with E-state index in [1.165, 1.54) is 28.8 Å². The molecule has 5 nitrogen and oxygen atoms in total. The third-order valence-electron chi connectivity index (χ3n) is 4.66. The molecule has 7 heteroatoms. The van der Waals surface area contributed by atoms with Gasteiger partial charge in [0.1, 0.15) is 23.0 Å². The van der Waals surface area contributed by atoms with Crippen molar-refractivity contribution in [3.05, 3.63) is 95.9 Å². The molecule has 0 aromatic heterocycles. The lowest BCUT2D eigenvalue weighted by Crippen LogP contribution is -2.30. The van der Waals surface area contributed by atoms with E-state index >= 15 is 0 Å². The van der Waals surface area contributed by atoms with Crippen LogP contribution in [0.4, 0.5) is 10.1 Å². The maximum atomic E-state index is 13.4. The van der Waals surface area contributed by atoms with Gasteiger partial charge in [-0.2, -0.15) is 0 Å². The fourth-order valence-electron chi connectivity index (χ4n) is 3.08. The molecule has 32 heavy (non-hydrogen) atoms. The predicted octanol–water partition coefficient (Wildman–Crippen LogP) is 5.39. The SMILES string of the molecule is COc1ccc(OCCSC2=N/C(=C\c3ccccc3)C(=O)N2c2ccc(F)cc2)cc1. The summed E-state index contributed by atoms with van der Waals surface area (Å²) in [7, 11) is 1.61. The third-order valence-corrected chi connectivity index (χ3v) is 5.56. The molecule has 0 aliphatic carbocycles. The lowest BCUT2D eigenvalue weighted by Gasteiger charge is -2.17. The van der Waals surface area contributed by atoms with Gasteiger partial charge < -0.3 is 9.47 Å². The first-order valence-electron chi connectivity index (χ1n) is 9.99. The highest BCUT2D eigenvalue weighted by Crippen LogP contribution is 2.29. The summed E-state index contributed by atoms with van der Waals surface area (Å²) >= 11 is 1.41. The van der Waals surface area contributed by atoms with E-state index in [4.69, 9.17) is 9.47 Å². The van der Waals surface area contributed by atoms with Crippen LogP contribution in [0.3, 0.4) is 0 Å². The lowest BCUT2D eigenvalue weighted by molar-refractivity contribution is -0.113. The smallest absolute Gasteiger partial charge is 0.283 e. The highest BCUT2D eigenvalue weighted by Gasteiger charge is 2.31. The fourth-order valence-corrected chi connectivity index (χ4v) is 3.91. The van der Waals surface area contributed by atoms with Gasteiger partial charge in [-0.25, -0.2) is 9.38 Å². The second-order valence-electron chi connectivity index (χ2n) is 6.82. The van der Waals surface area contributed by atoms with Crippen LogP contribution in [0.1, 0.15) is 5.56 Å². The van der Waals surface area contributed by atoms with Crippen molar-refractivity contribution in [2.75, 3.05) is 24.4 Å². The molecule has 3 aromatic carbocycles. The number of thioether (sulfide) groups is 1. The molecular weight excluding hydrogens is 427 g/mol. The largest absolute Gasteiger partial charge is 0.497 e. The number of aliphatic imine (C=N–C) groups is 1. The molecular formula is C25H21FN2O3S. The summed E-state index contributed by atoms with van der Waals surface area (Å²) in [6, 6.07) is 22.7. The quantitative estimate of drug-likeness (QED) is 0.359. The monoisotopic (exact) mass is 448 g/mol. The van der Waals surface area contributed by atoms with E-state index in [2.05, 4.69) is 4.99 Å². The van der Waals surface area contributed by atoms with Crippen molar-refractivity contribution < 1.29 is 18.7 Å². The molecule has 0 N–H and O–H groups in total. The minimum absolute atomic E-state index is 0.251. The van der Waals surface area contributed by atoms with Gasteiger partial charge in [0.05, 0.1) is 19.4 Å². The molecule has 0 fully saturated rings. The summed E-state index contributed by atoms with van der Waals surface area (Å²) in [6.07, 6.45) is 1.75. The number of halogens is 1. The Bertz CT molecular complexity index is 1130. The van der Waals surface area contributed by atoms with Crippen LogP contribution in [0.25, 0.3) is 6.08 Å². The lowest BCUT2D eigenvalue weighted by atomic mass is 10.2. The topological polar surface area (TPSA) is 51.1 Å². The molecule has 1 aliphatic heterocycles. The van der Waals surface area contributed by atoms with Crippen molar-refractivity contribution in [3.8, 4) is 11.5 Å². The van der Waals surface area contributed by atoms with Gasteiger partial charge in [-0.05, 0) is 60.2 Å². The summed E-state index contributed by atoms with van der Waals surface area (Å²) in [5.41, 5.74) is 1.78. The zero-order valence-corrected chi connectivity index (χ0v) is 18.2. The molecule has 162 valence electrons. The van der Waals surface area contributed by atoms with Crippen LogP contribution in [0, 0.1) is 5.82 Å². The summed E-state index contributed by atoms with van der Waals surface area (Å²) < 4.78 is 24.3. The Hall–Kier alpha value is -3.58. The predicted molar refractivity (Wildman–Crippen MR) is 127 cm³/mol. The second-order valence-corrected chi connectivity index (χ2v) is 7.89. The van der Waals surface area contributed by atoms with Crippen molar-refractivity contribution >= 4 is 34.6 Å². The molecule has 4 rings (SSSR count). The highest BCUT2D eigenvalue weighted by molar-refractivity contribution is 8.14. The number of hydrogen-bond donors (Lipinski definition) is 0. The number of carbonyl (C=O) groups excluding carboxylic acids is 1. The Kier molecular flexibility index (Phi) is 6.87. The van der Waals surface area contributed by atoms with Gasteiger partial charge in [0.15, 0.2) is 5.17 Å². The van der Waals surface area contributed by atoms with E-state index in [0.29, 0.717) is 28.9 Å². The number of methoxy groups -OCH3 is 1. The van der Waals surface area contributed by atoms with Crippen molar-refractivity contribution in [1.82, 2.24) is 0 Å². The van der Waals surface area contributed by atoms with Gasteiger partial charge in [0.2, 0.25) is 0 Å². The number of amides is 1. The molecule has 0 radical (unpaired) electrons. The molecule has 0 saturated heterocycles. The summed E-state index contributed by atoms with van der Waals surface area (Å²) in [6.45, 7) is 0.430. The first-order chi connectivity index (χ1) is 15.6. The van der Waals surface area contributed by atoms with Gasteiger partial charge in [0, 0.05) is 5.75 Å². The molecule has 0 spiro atoms. The zero-order chi connectivity index (χ0) is 22.3. The van der Waals surface area contributed by atoms with Gasteiger partial charge in [-0.15, -0.1) is 0 Å². The summed E-state index contributed by atoms with van der Waals surface area (Å²) in [5.74, 6) is 1.46. The third kappa shape index (κ3) is 5.18. The van der Waals surface area contributed by atoms with Gasteiger partial charge in [0.25, 0.3) is 5.91 Å². The minimum Gasteiger partial charge on any atom is -0.497 e. The van der Waals surface area contributed by atoms with Crippen LogP contribution in [-0.4, -0.2) is 30.5 Å². The van der Waals surface area contributed by atoms with Crippen LogP contribution in [0.5, 0.6) is 11.5 Å². The Morgan fingerprint density at radius 1 is 0.969 bits per heavy atom. The van der Waals surface area contributed by atoms with Gasteiger partial charge in [-0.1, -0.05) is 42.1 Å². The molecule has 1 aliphatic rings. The Morgan fingerprint density at radius 3 is 2.34 bits per heavy atom. The van der Waals surface area contributed by atoms with E-state index in [1.807, 2.05) is 54.6 Å². The maximum absolute atomic E-state index is 13.4. The first kappa shape index (κ1) is 21.6. The number of benzene rings is 3. The van der Waals surface area contributed by atoms with Gasteiger partial charge >= 0.3 is 0 Å². The van der Waals surface area contributed by atoms with Crippen molar-refractivity contribution in [3.63, 3.8) is 0 Å². The van der Waals surface area contributed by atoms with Gasteiger partial charge in [-0.3, -0.25) is 9.69 Å².